The van der Waals surface area contributed by atoms with Gasteiger partial charge >= 0.3 is 0 Å². The van der Waals surface area contributed by atoms with Gasteiger partial charge in [-0.25, -0.2) is 0 Å². The summed E-state index contributed by atoms with van der Waals surface area (Å²) in [6, 6.07) is 11.8. The Balaban J connectivity index is 2.38. The lowest BCUT2D eigenvalue weighted by molar-refractivity contribution is 0.218. The van der Waals surface area contributed by atoms with E-state index >= 15 is 0 Å². The molecule has 0 aliphatic heterocycles. The van der Waals surface area contributed by atoms with E-state index in [-0.39, 0.29) is 0 Å². The molecule has 0 aliphatic rings. The van der Waals surface area contributed by atoms with Gasteiger partial charge in [0.2, 0.25) is 0 Å². The van der Waals surface area contributed by atoms with Crippen molar-refractivity contribution in [2.24, 2.45) is 0 Å². The molecule has 2 rings (SSSR count). The van der Waals surface area contributed by atoms with Crippen molar-refractivity contribution >= 4 is 15.9 Å². The minimum Gasteiger partial charge on any atom is -0.494 e. The predicted octanol–water partition coefficient (Wildman–Crippen LogP) is 4.55. The number of rotatable bonds is 4. The Labute approximate surface area is 128 Å². The van der Waals surface area contributed by atoms with E-state index in [0.29, 0.717) is 6.61 Å². The van der Waals surface area contributed by atoms with Crippen molar-refractivity contribution in [3.63, 3.8) is 0 Å². The van der Waals surface area contributed by atoms with Crippen LogP contribution in [0.4, 0.5) is 0 Å². The molecule has 3 heteroatoms. The monoisotopic (exact) mass is 334 g/mol. The summed E-state index contributed by atoms with van der Waals surface area (Å²) in [5.74, 6) is 0.802. The molecule has 0 spiro atoms. The van der Waals surface area contributed by atoms with Gasteiger partial charge in [-0.1, -0.05) is 45.8 Å². The second kappa shape index (κ2) is 6.42. The summed E-state index contributed by atoms with van der Waals surface area (Å²) in [5, 5.41) is 10.6. The van der Waals surface area contributed by atoms with Crippen LogP contribution in [0.25, 0.3) is 0 Å². The number of ether oxygens (including phenoxy) is 1. The third-order valence-corrected chi connectivity index (χ3v) is 3.99. The van der Waals surface area contributed by atoms with Crippen molar-refractivity contribution in [1.29, 1.82) is 0 Å². The fourth-order valence-electron chi connectivity index (χ4n) is 2.21. The third kappa shape index (κ3) is 3.22. The summed E-state index contributed by atoms with van der Waals surface area (Å²) in [5.41, 5.74) is 4.02. The summed E-state index contributed by atoms with van der Waals surface area (Å²) in [6.07, 6.45) is -0.639. The zero-order valence-corrected chi connectivity index (χ0v) is 13.6. The first-order valence-corrected chi connectivity index (χ1v) is 7.49. The Morgan fingerprint density at radius 2 is 1.85 bits per heavy atom. The Hall–Kier alpha value is -1.32. The number of hydrogen-bond donors (Lipinski definition) is 1. The molecule has 0 amide bonds. The summed E-state index contributed by atoms with van der Waals surface area (Å²) in [6.45, 7) is 6.63. The van der Waals surface area contributed by atoms with Crippen molar-refractivity contribution in [2.45, 2.75) is 26.9 Å². The van der Waals surface area contributed by atoms with Gasteiger partial charge < -0.3 is 9.84 Å². The van der Waals surface area contributed by atoms with Crippen molar-refractivity contribution in [1.82, 2.24) is 0 Å². The maximum absolute atomic E-state index is 10.6. The SMILES string of the molecule is CCOc1ccc(C(O)c2cc(C)ccc2C)c(Br)c1. The Bertz CT molecular complexity index is 608. The van der Waals surface area contributed by atoms with Gasteiger partial charge in [0.1, 0.15) is 11.9 Å². The van der Waals surface area contributed by atoms with E-state index in [1.807, 2.05) is 51.1 Å². The van der Waals surface area contributed by atoms with Gasteiger partial charge in [-0.05, 0) is 49.6 Å². The number of aliphatic hydroxyl groups excluding tert-OH is 1. The van der Waals surface area contributed by atoms with Crippen LogP contribution in [0.1, 0.15) is 35.3 Å². The molecule has 2 aromatic carbocycles. The van der Waals surface area contributed by atoms with Crippen LogP contribution in [-0.2, 0) is 0 Å². The zero-order valence-electron chi connectivity index (χ0n) is 12.0. The Morgan fingerprint density at radius 1 is 1.10 bits per heavy atom. The highest BCUT2D eigenvalue weighted by Gasteiger charge is 2.16. The quantitative estimate of drug-likeness (QED) is 0.888. The van der Waals surface area contributed by atoms with Crippen LogP contribution < -0.4 is 4.74 Å². The minimum absolute atomic E-state index is 0.630. The lowest BCUT2D eigenvalue weighted by Gasteiger charge is -2.17. The van der Waals surface area contributed by atoms with Crippen LogP contribution in [0.3, 0.4) is 0 Å². The molecule has 0 radical (unpaired) electrons. The minimum atomic E-state index is -0.639. The second-order valence-corrected chi connectivity index (χ2v) is 5.73. The summed E-state index contributed by atoms with van der Waals surface area (Å²) < 4.78 is 6.32. The molecule has 0 aliphatic carbocycles. The van der Waals surface area contributed by atoms with Crippen molar-refractivity contribution < 1.29 is 9.84 Å². The van der Waals surface area contributed by atoms with E-state index in [1.165, 1.54) is 0 Å². The van der Waals surface area contributed by atoms with Gasteiger partial charge in [0.15, 0.2) is 0 Å². The summed E-state index contributed by atoms with van der Waals surface area (Å²) in [7, 11) is 0. The van der Waals surface area contributed by atoms with Gasteiger partial charge in [-0.3, -0.25) is 0 Å². The maximum Gasteiger partial charge on any atom is 0.120 e. The van der Waals surface area contributed by atoms with E-state index in [0.717, 1.165) is 32.5 Å². The molecule has 0 bridgehead atoms. The lowest BCUT2D eigenvalue weighted by Crippen LogP contribution is -2.04. The Kier molecular flexibility index (Phi) is 4.84. The van der Waals surface area contributed by atoms with Crippen molar-refractivity contribution in [3.05, 3.63) is 63.1 Å². The molecule has 0 heterocycles. The highest BCUT2D eigenvalue weighted by molar-refractivity contribution is 9.10. The molecule has 1 unspecified atom stereocenters. The zero-order chi connectivity index (χ0) is 14.7. The Morgan fingerprint density at radius 3 is 2.50 bits per heavy atom. The van der Waals surface area contributed by atoms with E-state index in [2.05, 4.69) is 22.0 Å². The third-order valence-electron chi connectivity index (χ3n) is 3.31. The first kappa shape index (κ1) is 15.1. The van der Waals surface area contributed by atoms with Gasteiger partial charge in [-0.15, -0.1) is 0 Å². The van der Waals surface area contributed by atoms with Crippen LogP contribution in [0.5, 0.6) is 5.75 Å². The smallest absolute Gasteiger partial charge is 0.120 e. The number of aryl methyl sites for hydroxylation is 2. The van der Waals surface area contributed by atoms with Crippen LogP contribution in [0.15, 0.2) is 40.9 Å². The number of aliphatic hydroxyl groups is 1. The van der Waals surface area contributed by atoms with E-state index in [9.17, 15) is 5.11 Å². The molecule has 1 atom stereocenters. The van der Waals surface area contributed by atoms with Crippen molar-refractivity contribution in [3.8, 4) is 5.75 Å². The number of benzene rings is 2. The predicted molar refractivity (Wildman–Crippen MR) is 85.3 cm³/mol. The summed E-state index contributed by atoms with van der Waals surface area (Å²) >= 11 is 3.52. The average molecular weight is 335 g/mol. The van der Waals surface area contributed by atoms with E-state index in [1.54, 1.807) is 0 Å². The van der Waals surface area contributed by atoms with Gasteiger partial charge in [0.25, 0.3) is 0 Å². The van der Waals surface area contributed by atoms with E-state index < -0.39 is 6.10 Å². The molecule has 0 saturated heterocycles. The highest BCUT2D eigenvalue weighted by atomic mass is 79.9. The first-order valence-electron chi connectivity index (χ1n) is 6.70. The molecule has 2 aromatic rings. The fraction of sp³-hybridized carbons (Fsp3) is 0.294. The number of hydrogen-bond acceptors (Lipinski definition) is 2. The molecule has 0 saturated carbocycles. The molecule has 0 fully saturated rings. The van der Waals surface area contributed by atoms with Crippen LogP contribution in [0, 0.1) is 13.8 Å². The van der Waals surface area contributed by atoms with Crippen LogP contribution >= 0.6 is 15.9 Å². The molecule has 1 N–H and O–H groups in total. The molecular formula is C17H19BrO2. The molecule has 106 valence electrons. The van der Waals surface area contributed by atoms with Crippen LogP contribution in [-0.4, -0.2) is 11.7 Å². The fourth-order valence-corrected chi connectivity index (χ4v) is 2.78. The molecule has 0 aromatic heterocycles. The molecule has 20 heavy (non-hydrogen) atoms. The standard InChI is InChI=1S/C17H19BrO2/c1-4-20-13-7-8-14(16(18)10-13)17(19)15-9-11(2)5-6-12(15)3/h5-10,17,19H,4H2,1-3H3. The summed E-state index contributed by atoms with van der Waals surface area (Å²) in [4.78, 5) is 0. The normalized spacial score (nSPS) is 12.2. The largest absolute Gasteiger partial charge is 0.494 e. The number of halogens is 1. The maximum atomic E-state index is 10.6. The molecular weight excluding hydrogens is 316 g/mol. The van der Waals surface area contributed by atoms with Gasteiger partial charge in [-0.2, -0.15) is 0 Å². The average Bonchev–Trinajstić information content (AvgIpc) is 2.41. The molecule has 2 nitrogen and oxygen atoms in total. The van der Waals surface area contributed by atoms with Crippen LogP contribution in [0.2, 0.25) is 0 Å². The first-order chi connectivity index (χ1) is 9.52. The van der Waals surface area contributed by atoms with Gasteiger partial charge in [0, 0.05) is 4.47 Å². The topological polar surface area (TPSA) is 29.5 Å². The van der Waals surface area contributed by atoms with Crippen molar-refractivity contribution in [2.75, 3.05) is 6.61 Å². The van der Waals surface area contributed by atoms with E-state index in [4.69, 9.17) is 4.74 Å². The lowest BCUT2D eigenvalue weighted by atomic mass is 9.96. The van der Waals surface area contributed by atoms with Gasteiger partial charge in [0.05, 0.1) is 6.61 Å². The highest BCUT2D eigenvalue weighted by Crippen LogP contribution is 2.33. The second-order valence-electron chi connectivity index (χ2n) is 4.88.